The molecule has 1 aromatic rings. The number of aryl methyl sites for hydroxylation is 1. The van der Waals surface area contributed by atoms with Crippen LogP contribution >= 0.6 is 0 Å². The Kier molecular flexibility index (Phi) is 6.60. The first-order valence-electron chi connectivity index (χ1n) is 7.78. The van der Waals surface area contributed by atoms with E-state index in [1.54, 1.807) is 0 Å². The third-order valence-electron chi connectivity index (χ3n) is 3.72. The maximum Gasteiger partial charge on any atom is 0.303 e. The molecule has 122 valence electrons. The fraction of sp³-hybridized carbons (Fsp3) is 0.556. The van der Waals surface area contributed by atoms with Crippen LogP contribution in [-0.2, 0) is 9.59 Å². The van der Waals surface area contributed by atoms with Crippen molar-refractivity contribution < 1.29 is 14.7 Å². The molecule has 0 aromatic heterocycles. The molecular weight excluding hydrogens is 278 g/mol. The van der Waals surface area contributed by atoms with Gasteiger partial charge in [-0.2, -0.15) is 0 Å². The van der Waals surface area contributed by atoms with Gasteiger partial charge in [0.1, 0.15) is 0 Å². The predicted molar refractivity (Wildman–Crippen MR) is 87.6 cm³/mol. The molecule has 22 heavy (non-hydrogen) atoms. The van der Waals surface area contributed by atoms with E-state index in [1.807, 2.05) is 25.1 Å². The van der Waals surface area contributed by atoms with Gasteiger partial charge in [-0.05, 0) is 36.3 Å². The Morgan fingerprint density at radius 2 is 1.73 bits per heavy atom. The number of carbonyl (C=O) groups excluding carboxylic acids is 1. The van der Waals surface area contributed by atoms with Crippen LogP contribution in [0.4, 0.5) is 0 Å². The van der Waals surface area contributed by atoms with Crippen molar-refractivity contribution in [3.05, 3.63) is 35.4 Å². The highest BCUT2D eigenvalue weighted by Crippen LogP contribution is 2.34. The molecule has 0 aliphatic carbocycles. The highest BCUT2D eigenvalue weighted by Gasteiger charge is 2.28. The number of carbonyl (C=O) groups is 2. The zero-order valence-electron chi connectivity index (χ0n) is 14.0. The molecule has 1 unspecified atom stereocenters. The summed E-state index contributed by atoms with van der Waals surface area (Å²) in [6.45, 7) is 8.37. The van der Waals surface area contributed by atoms with Gasteiger partial charge in [0.05, 0.1) is 6.04 Å². The highest BCUT2D eigenvalue weighted by atomic mass is 16.4. The Labute approximate surface area is 132 Å². The number of hydrogen-bond acceptors (Lipinski definition) is 2. The number of carboxylic acids is 1. The van der Waals surface area contributed by atoms with Gasteiger partial charge >= 0.3 is 5.97 Å². The van der Waals surface area contributed by atoms with Gasteiger partial charge in [-0.1, -0.05) is 45.0 Å². The molecule has 0 spiro atoms. The van der Waals surface area contributed by atoms with E-state index < -0.39 is 5.97 Å². The first-order chi connectivity index (χ1) is 10.2. The second-order valence-electron chi connectivity index (χ2n) is 6.82. The Bertz CT molecular complexity index is 517. The number of amides is 1. The van der Waals surface area contributed by atoms with Crippen LogP contribution in [0.25, 0.3) is 0 Å². The molecule has 1 amide bonds. The van der Waals surface area contributed by atoms with Gasteiger partial charge in [-0.3, -0.25) is 9.59 Å². The average Bonchev–Trinajstić information content (AvgIpc) is 2.40. The summed E-state index contributed by atoms with van der Waals surface area (Å²) >= 11 is 0. The van der Waals surface area contributed by atoms with Crippen molar-refractivity contribution in [2.75, 3.05) is 0 Å². The summed E-state index contributed by atoms with van der Waals surface area (Å²) in [4.78, 5) is 22.6. The van der Waals surface area contributed by atoms with Crippen LogP contribution in [-0.4, -0.2) is 17.0 Å². The Morgan fingerprint density at radius 1 is 1.14 bits per heavy atom. The third kappa shape index (κ3) is 5.88. The maximum atomic E-state index is 12.2. The molecule has 0 bridgehead atoms. The van der Waals surface area contributed by atoms with Crippen molar-refractivity contribution in [3.63, 3.8) is 0 Å². The second kappa shape index (κ2) is 7.97. The Balaban J connectivity index is 2.69. The molecule has 1 aromatic carbocycles. The van der Waals surface area contributed by atoms with Crippen molar-refractivity contribution in [1.29, 1.82) is 0 Å². The lowest BCUT2D eigenvalue weighted by molar-refractivity contribution is -0.137. The standard InChI is InChI=1S/C18H27NO3/c1-13-9-5-6-10-14(13)17(18(2,3)4)19-15(20)11-7-8-12-16(21)22/h5-6,9-10,17H,7-8,11-12H2,1-4H3,(H,19,20)(H,21,22). The van der Waals surface area contributed by atoms with Crippen LogP contribution < -0.4 is 5.32 Å². The lowest BCUT2D eigenvalue weighted by Gasteiger charge is -2.33. The van der Waals surface area contributed by atoms with E-state index in [4.69, 9.17) is 5.11 Å². The topological polar surface area (TPSA) is 66.4 Å². The van der Waals surface area contributed by atoms with Crippen LogP contribution in [0.15, 0.2) is 24.3 Å². The molecule has 0 saturated heterocycles. The number of nitrogens with one attached hydrogen (secondary N) is 1. The lowest BCUT2D eigenvalue weighted by Crippen LogP contribution is -2.37. The maximum absolute atomic E-state index is 12.2. The smallest absolute Gasteiger partial charge is 0.303 e. The van der Waals surface area contributed by atoms with Crippen molar-refractivity contribution in [2.45, 2.75) is 59.4 Å². The fourth-order valence-electron chi connectivity index (χ4n) is 2.47. The number of rotatable bonds is 7. The minimum Gasteiger partial charge on any atom is -0.481 e. The van der Waals surface area contributed by atoms with E-state index in [2.05, 4.69) is 32.2 Å². The zero-order chi connectivity index (χ0) is 16.8. The van der Waals surface area contributed by atoms with Crippen LogP contribution in [0.3, 0.4) is 0 Å². The van der Waals surface area contributed by atoms with Gasteiger partial charge < -0.3 is 10.4 Å². The van der Waals surface area contributed by atoms with Crippen molar-refractivity contribution in [1.82, 2.24) is 5.32 Å². The molecule has 4 nitrogen and oxygen atoms in total. The number of benzene rings is 1. The normalized spacial score (nSPS) is 12.7. The molecule has 0 saturated carbocycles. The van der Waals surface area contributed by atoms with Crippen molar-refractivity contribution in [3.8, 4) is 0 Å². The van der Waals surface area contributed by atoms with Crippen molar-refractivity contribution >= 4 is 11.9 Å². The minimum absolute atomic E-state index is 0.0198. The average molecular weight is 305 g/mol. The van der Waals surface area contributed by atoms with Gasteiger partial charge in [0.15, 0.2) is 0 Å². The molecule has 1 rings (SSSR count). The first kappa shape index (κ1) is 18.2. The van der Waals surface area contributed by atoms with E-state index in [1.165, 1.54) is 0 Å². The largest absolute Gasteiger partial charge is 0.481 e. The summed E-state index contributed by atoms with van der Waals surface area (Å²) in [6.07, 6.45) is 1.62. The molecular formula is C18H27NO3. The van der Waals surface area contributed by atoms with E-state index >= 15 is 0 Å². The van der Waals surface area contributed by atoms with Gasteiger partial charge in [0, 0.05) is 12.8 Å². The zero-order valence-corrected chi connectivity index (χ0v) is 14.0. The molecule has 0 aliphatic heterocycles. The Hall–Kier alpha value is -1.84. The van der Waals surface area contributed by atoms with Gasteiger partial charge in [0.25, 0.3) is 0 Å². The fourth-order valence-corrected chi connectivity index (χ4v) is 2.47. The first-order valence-corrected chi connectivity index (χ1v) is 7.78. The van der Waals surface area contributed by atoms with Crippen LogP contribution in [0.1, 0.15) is 63.6 Å². The summed E-state index contributed by atoms with van der Waals surface area (Å²) in [5, 5.41) is 11.7. The second-order valence-corrected chi connectivity index (χ2v) is 6.82. The minimum atomic E-state index is -0.812. The van der Waals surface area contributed by atoms with E-state index in [0.717, 1.165) is 11.1 Å². The van der Waals surface area contributed by atoms with Crippen LogP contribution in [0.2, 0.25) is 0 Å². The highest BCUT2D eigenvalue weighted by molar-refractivity contribution is 5.76. The SMILES string of the molecule is Cc1ccccc1C(NC(=O)CCCCC(=O)O)C(C)(C)C. The molecule has 4 heteroatoms. The summed E-state index contributed by atoms with van der Waals surface area (Å²) in [5.41, 5.74) is 2.20. The van der Waals surface area contributed by atoms with E-state index in [-0.39, 0.29) is 23.8 Å². The van der Waals surface area contributed by atoms with Crippen LogP contribution in [0, 0.1) is 12.3 Å². The quantitative estimate of drug-likeness (QED) is 0.752. The van der Waals surface area contributed by atoms with Crippen LogP contribution in [0.5, 0.6) is 0 Å². The van der Waals surface area contributed by atoms with Gasteiger partial charge in [0.2, 0.25) is 5.91 Å². The predicted octanol–water partition coefficient (Wildman–Crippen LogP) is 3.84. The number of hydrogen-bond donors (Lipinski definition) is 2. The van der Waals surface area contributed by atoms with Gasteiger partial charge in [-0.25, -0.2) is 0 Å². The molecule has 2 N–H and O–H groups in total. The number of carboxylic acid groups (broad SMARTS) is 1. The third-order valence-corrected chi connectivity index (χ3v) is 3.72. The summed E-state index contributed by atoms with van der Waals surface area (Å²) < 4.78 is 0. The van der Waals surface area contributed by atoms with Crippen molar-refractivity contribution in [2.24, 2.45) is 5.41 Å². The molecule has 0 aliphatic rings. The monoisotopic (exact) mass is 305 g/mol. The molecule has 0 radical (unpaired) electrons. The number of aliphatic carboxylic acids is 1. The lowest BCUT2D eigenvalue weighted by atomic mass is 9.80. The molecule has 0 fully saturated rings. The summed E-state index contributed by atoms with van der Waals surface area (Å²) in [5.74, 6) is -0.832. The summed E-state index contributed by atoms with van der Waals surface area (Å²) in [7, 11) is 0. The Morgan fingerprint density at radius 3 is 2.27 bits per heavy atom. The van der Waals surface area contributed by atoms with E-state index in [9.17, 15) is 9.59 Å². The molecule has 0 heterocycles. The summed E-state index contributed by atoms with van der Waals surface area (Å²) in [6, 6.07) is 8.02. The van der Waals surface area contributed by atoms with E-state index in [0.29, 0.717) is 19.3 Å². The number of unbranched alkanes of at least 4 members (excludes halogenated alkanes) is 1. The molecule has 1 atom stereocenters. The van der Waals surface area contributed by atoms with Gasteiger partial charge in [-0.15, -0.1) is 0 Å².